The Morgan fingerprint density at radius 3 is 1.94 bits per heavy atom. The summed E-state index contributed by atoms with van der Waals surface area (Å²) in [6.45, 7) is 0. The first kappa shape index (κ1) is 19.8. The van der Waals surface area contributed by atoms with Crippen molar-refractivity contribution >= 4 is 48.6 Å². The van der Waals surface area contributed by atoms with E-state index in [2.05, 4.69) is 132 Å². The molecule has 0 amide bonds. The van der Waals surface area contributed by atoms with Gasteiger partial charge in [-0.15, -0.1) is 11.3 Å². The Hall–Kier alpha value is -3.88. The summed E-state index contributed by atoms with van der Waals surface area (Å²) in [6.07, 6.45) is 0.923. The van der Waals surface area contributed by atoms with Crippen LogP contribution in [0, 0.1) is 0 Å². The monoisotopic (exact) mass is 441 g/mol. The van der Waals surface area contributed by atoms with E-state index in [4.69, 9.17) is 0 Å². The van der Waals surface area contributed by atoms with Crippen molar-refractivity contribution in [3.8, 4) is 0 Å². The van der Waals surface area contributed by atoms with Gasteiger partial charge in [0.2, 0.25) is 0 Å². The molecule has 6 aromatic rings. The third kappa shape index (κ3) is 3.90. The molecule has 0 fully saturated rings. The second-order valence-corrected chi connectivity index (χ2v) is 9.37. The molecule has 0 atom stereocenters. The van der Waals surface area contributed by atoms with Crippen molar-refractivity contribution in [2.45, 2.75) is 6.42 Å². The van der Waals surface area contributed by atoms with Crippen molar-refractivity contribution < 1.29 is 0 Å². The van der Waals surface area contributed by atoms with Crippen LogP contribution in [0.4, 0.5) is 17.1 Å². The van der Waals surface area contributed by atoms with Crippen molar-refractivity contribution in [2.24, 2.45) is 0 Å². The van der Waals surface area contributed by atoms with E-state index in [0.29, 0.717) is 0 Å². The number of anilines is 3. The molecule has 1 aromatic heterocycles. The molecule has 0 aliphatic heterocycles. The van der Waals surface area contributed by atoms with Gasteiger partial charge >= 0.3 is 0 Å². The van der Waals surface area contributed by atoms with E-state index in [0.717, 1.165) is 12.1 Å². The van der Waals surface area contributed by atoms with Crippen LogP contribution in [0.3, 0.4) is 0 Å². The highest BCUT2D eigenvalue weighted by Gasteiger charge is 2.15. The zero-order chi connectivity index (χ0) is 22.0. The standard InChI is InChI=1S/C31H23NS/c1-3-10-23(11-4-1)20-24-12-9-15-26(21-24)32(25-13-5-2-6-14-25)27-18-19-29-28-16-7-8-17-30(28)33-31(29)22-27/h1-19,21-22H,20H2. The van der Waals surface area contributed by atoms with Gasteiger partial charge in [-0.1, -0.05) is 84.9 Å². The molecule has 5 aromatic carbocycles. The Labute approximate surface area is 198 Å². The molecule has 0 saturated heterocycles. The fraction of sp³-hybridized carbons (Fsp3) is 0.0323. The van der Waals surface area contributed by atoms with Gasteiger partial charge in [0.1, 0.15) is 0 Å². The lowest BCUT2D eigenvalue weighted by atomic mass is 10.0. The van der Waals surface area contributed by atoms with Crippen LogP contribution in [0.25, 0.3) is 20.2 Å². The highest BCUT2D eigenvalue weighted by Crippen LogP contribution is 2.40. The summed E-state index contributed by atoms with van der Waals surface area (Å²) in [4.78, 5) is 2.36. The van der Waals surface area contributed by atoms with E-state index in [1.165, 1.54) is 42.7 Å². The largest absolute Gasteiger partial charge is 0.310 e. The molecule has 0 unspecified atom stereocenters. The summed E-state index contributed by atoms with van der Waals surface area (Å²) in [5.74, 6) is 0. The molecular formula is C31H23NS. The molecule has 158 valence electrons. The minimum absolute atomic E-state index is 0.923. The van der Waals surface area contributed by atoms with E-state index < -0.39 is 0 Å². The van der Waals surface area contributed by atoms with Gasteiger partial charge in [-0.05, 0) is 60.0 Å². The molecule has 0 aliphatic rings. The van der Waals surface area contributed by atoms with E-state index in [9.17, 15) is 0 Å². The van der Waals surface area contributed by atoms with Gasteiger partial charge in [-0.25, -0.2) is 0 Å². The SMILES string of the molecule is c1ccc(Cc2cccc(N(c3ccccc3)c3ccc4c(c3)sc3ccccc34)c2)cc1. The third-order valence-corrected chi connectivity index (χ3v) is 7.19. The second kappa shape index (κ2) is 8.57. The number of para-hydroxylation sites is 1. The summed E-state index contributed by atoms with van der Waals surface area (Å²) < 4.78 is 2.65. The normalized spacial score (nSPS) is 11.2. The van der Waals surface area contributed by atoms with Crippen molar-refractivity contribution in [3.63, 3.8) is 0 Å². The predicted molar refractivity (Wildman–Crippen MR) is 143 cm³/mol. The smallest absolute Gasteiger partial charge is 0.0476 e. The zero-order valence-corrected chi connectivity index (χ0v) is 19.0. The van der Waals surface area contributed by atoms with Crippen molar-refractivity contribution in [3.05, 3.63) is 139 Å². The molecule has 0 spiro atoms. The molecule has 2 heteroatoms. The van der Waals surface area contributed by atoms with Crippen LogP contribution in [0.5, 0.6) is 0 Å². The Bertz CT molecular complexity index is 1530. The molecule has 6 rings (SSSR count). The number of fused-ring (bicyclic) bond motifs is 3. The van der Waals surface area contributed by atoms with Crippen molar-refractivity contribution in [2.75, 3.05) is 4.90 Å². The second-order valence-electron chi connectivity index (χ2n) is 8.28. The average molecular weight is 442 g/mol. The maximum atomic E-state index is 2.36. The van der Waals surface area contributed by atoms with Gasteiger partial charge in [0.15, 0.2) is 0 Å². The van der Waals surface area contributed by atoms with Gasteiger partial charge in [0.25, 0.3) is 0 Å². The van der Waals surface area contributed by atoms with Gasteiger partial charge in [-0.2, -0.15) is 0 Å². The zero-order valence-electron chi connectivity index (χ0n) is 18.2. The minimum Gasteiger partial charge on any atom is -0.310 e. The van der Waals surface area contributed by atoms with E-state index in [1.807, 2.05) is 11.3 Å². The molecule has 1 heterocycles. The van der Waals surface area contributed by atoms with Crippen molar-refractivity contribution in [1.82, 2.24) is 0 Å². The number of nitrogens with zero attached hydrogens (tertiary/aromatic N) is 1. The molecule has 1 nitrogen and oxygen atoms in total. The minimum atomic E-state index is 0.923. The first-order valence-corrected chi connectivity index (χ1v) is 12.1. The molecule has 0 bridgehead atoms. The molecule has 0 aliphatic carbocycles. The predicted octanol–water partition coefficient (Wildman–Crippen LogP) is 9.12. The Balaban J connectivity index is 1.46. The van der Waals surface area contributed by atoms with Crippen LogP contribution in [-0.4, -0.2) is 0 Å². The van der Waals surface area contributed by atoms with E-state index in [-0.39, 0.29) is 0 Å². The summed E-state index contributed by atoms with van der Waals surface area (Å²) in [5, 5.41) is 2.66. The average Bonchev–Trinajstić information content (AvgIpc) is 3.24. The Morgan fingerprint density at radius 2 is 1.09 bits per heavy atom. The third-order valence-electron chi connectivity index (χ3n) is 6.05. The quantitative estimate of drug-likeness (QED) is 0.258. The Kier molecular flexibility index (Phi) is 5.14. The summed E-state index contributed by atoms with van der Waals surface area (Å²) >= 11 is 1.86. The lowest BCUT2D eigenvalue weighted by molar-refractivity contribution is 1.18. The summed E-state index contributed by atoms with van der Waals surface area (Å²) in [7, 11) is 0. The fourth-order valence-corrected chi connectivity index (χ4v) is 5.65. The lowest BCUT2D eigenvalue weighted by Crippen LogP contribution is -2.10. The first-order valence-electron chi connectivity index (χ1n) is 11.2. The van der Waals surface area contributed by atoms with Crippen molar-refractivity contribution in [1.29, 1.82) is 0 Å². The van der Waals surface area contributed by atoms with Crippen LogP contribution in [0.1, 0.15) is 11.1 Å². The van der Waals surface area contributed by atoms with Crippen LogP contribution < -0.4 is 4.90 Å². The number of benzene rings is 5. The molecule has 33 heavy (non-hydrogen) atoms. The highest BCUT2D eigenvalue weighted by molar-refractivity contribution is 7.25. The van der Waals surface area contributed by atoms with Crippen LogP contribution in [-0.2, 0) is 6.42 Å². The maximum Gasteiger partial charge on any atom is 0.0476 e. The van der Waals surface area contributed by atoms with Gasteiger partial charge in [-0.3, -0.25) is 0 Å². The highest BCUT2D eigenvalue weighted by atomic mass is 32.1. The van der Waals surface area contributed by atoms with Gasteiger partial charge in [0, 0.05) is 37.2 Å². The first-order chi connectivity index (χ1) is 16.3. The maximum absolute atomic E-state index is 2.36. The van der Waals surface area contributed by atoms with Crippen LogP contribution in [0.2, 0.25) is 0 Å². The molecule has 0 radical (unpaired) electrons. The topological polar surface area (TPSA) is 3.24 Å². The molecule has 0 N–H and O–H groups in total. The van der Waals surface area contributed by atoms with Crippen LogP contribution in [0.15, 0.2) is 127 Å². The summed E-state index contributed by atoms with van der Waals surface area (Å²) in [6, 6.07) is 45.7. The number of rotatable bonds is 5. The number of hydrogen-bond donors (Lipinski definition) is 0. The van der Waals surface area contributed by atoms with Gasteiger partial charge < -0.3 is 4.90 Å². The fourth-order valence-electron chi connectivity index (χ4n) is 4.52. The lowest BCUT2D eigenvalue weighted by Gasteiger charge is -2.26. The van der Waals surface area contributed by atoms with Crippen LogP contribution >= 0.6 is 11.3 Å². The Morgan fingerprint density at radius 1 is 0.455 bits per heavy atom. The number of hydrogen-bond acceptors (Lipinski definition) is 2. The number of thiophene rings is 1. The van der Waals surface area contributed by atoms with Gasteiger partial charge in [0.05, 0.1) is 0 Å². The van der Waals surface area contributed by atoms with E-state index in [1.54, 1.807) is 0 Å². The molecular weight excluding hydrogens is 418 g/mol. The molecule has 0 saturated carbocycles. The van der Waals surface area contributed by atoms with E-state index >= 15 is 0 Å². The summed E-state index contributed by atoms with van der Waals surface area (Å²) in [5.41, 5.74) is 6.15.